The second-order valence-electron chi connectivity index (χ2n) is 24.4. The van der Waals surface area contributed by atoms with Crippen LogP contribution in [0.3, 0.4) is 0 Å². The first kappa shape index (κ1) is 80.8. The van der Waals surface area contributed by atoms with Crippen LogP contribution < -0.4 is 51.8 Å². The SMILES string of the molecule is CN1c2cc3c(cc2C(CS(=O)(=O)O)=CC1(C)C)C(c1ccc(C(=O)NCCOCCOCCOCCOCCOCCC(=O)NC/C=C/c2cn([C@@H]4O[C@H](COP(=O)(O)OP(=O)(O)OP(=O)(O)O)[C@@H](O)[C@H]4O)c(=O)[nH]c2=O)cc1C(=O)[O-])=c1cc2c(cc1O3)=[N+](C)C(C)(C)C=C2CS(=O)(=O)O. The fraction of sp³-hybridized carbons (Fsp3) is 0.467. The first-order valence-electron chi connectivity index (χ1n) is 30.9. The normalized spacial score (nSPS) is 19.7. The van der Waals surface area contributed by atoms with E-state index in [0.717, 1.165) is 12.3 Å². The minimum Gasteiger partial charge on any atom is -0.545 e. The van der Waals surface area contributed by atoms with Gasteiger partial charge >= 0.3 is 29.2 Å². The second-order valence-corrected chi connectivity index (χ2v) is 31.8. The molecule has 0 bridgehead atoms. The monoisotopic (exact) mass is 1530 g/mol. The topological polar surface area (TPSA) is 533 Å². The lowest BCUT2D eigenvalue weighted by atomic mass is 9.83. The van der Waals surface area contributed by atoms with E-state index < -0.39 is 132 Å². The summed E-state index contributed by atoms with van der Waals surface area (Å²) in [6, 6.07) is 10.6. The number of carboxylic acids is 1. The Kier molecular flexibility index (Phi) is 26.2. The number of phosphoric acid groups is 3. The highest BCUT2D eigenvalue weighted by atomic mass is 32.2. The Balaban J connectivity index is 0.739. The van der Waals surface area contributed by atoms with Crippen LogP contribution in [0.15, 0.2) is 76.5 Å². The van der Waals surface area contributed by atoms with Crippen molar-refractivity contribution in [2.24, 2.45) is 0 Å². The molecule has 0 spiro atoms. The molecule has 1 saturated heterocycles. The van der Waals surface area contributed by atoms with Crippen molar-refractivity contribution >= 4 is 90.0 Å². The molecule has 4 aliphatic heterocycles. The number of rotatable bonds is 36. The van der Waals surface area contributed by atoms with Crippen LogP contribution in [0.5, 0.6) is 11.5 Å². The van der Waals surface area contributed by atoms with Crippen molar-refractivity contribution in [1.82, 2.24) is 24.8 Å². The summed E-state index contributed by atoms with van der Waals surface area (Å²) >= 11 is 0. The van der Waals surface area contributed by atoms with Gasteiger partial charge in [0.15, 0.2) is 11.8 Å². The number of carbonyl (C=O) groups excluding carboxylic acids is 3. The zero-order chi connectivity index (χ0) is 75.1. The van der Waals surface area contributed by atoms with Crippen molar-refractivity contribution in [2.75, 3.05) is 116 Å². The van der Waals surface area contributed by atoms with Crippen LogP contribution >= 0.6 is 23.5 Å². The zero-order valence-corrected chi connectivity index (χ0v) is 59.8. The van der Waals surface area contributed by atoms with Gasteiger partial charge < -0.3 is 88.4 Å². The number of aliphatic hydroxyl groups excluding tert-OH is 2. The number of H-pyrrole nitrogens is 1. The predicted octanol–water partition coefficient (Wildman–Crippen LogP) is -1.07. The molecule has 3 aromatic carbocycles. The molecule has 560 valence electrons. The van der Waals surface area contributed by atoms with Crippen LogP contribution in [0.4, 0.5) is 5.69 Å². The standard InChI is InChI=1S/C60H77N6O31P3S2/c1-59(2)29-37(33-101(82,83)84)40-25-43-47(27-45(40)64(59)5)94-48-28-46-41(38(34-102(85,86)87)30-60(3,4)65(46)6)26-44(48)51(43)39-10-9-35(24-42(39)57(72)73)54(70)62-13-15-89-17-19-91-21-23-92-22-20-90-18-16-88-14-11-50(67)61-12-7-8-36-31-66(58(74)63-55(36)71)56-53(69)52(68)49(95-56)32-93-99(78,79)97-100(80,81)96-98(75,76)77/h7-10,24-31,49,52-53,56,68-69H,11-23,32-34H2,1-6H3,(H9-,61,62,63,67,70,71,72,73,74,75,76,77,78,79,80,81,82,83,84,85,86,87)/b8-7+/t49-,52-,53-,56-/m1/s1. The maximum absolute atomic E-state index is 13.6. The van der Waals surface area contributed by atoms with Crippen LogP contribution in [0, 0.1) is 0 Å². The van der Waals surface area contributed by atoms with Gasteiger partial charge in [-0.1, -0.05) is 24.3 Å². The molecule has 6 atom stereocenters. The summed E-state index contributed by atoms with van der Waals surface area (Å²) in [5.74, 6) is -3.76. The Morgan fingerprint density at radius 3 is 1.93 bits per heavy atom. The van der Waals surface area contributed by atoms with Crippen LogP contribution in [0.25, 0.3) is 22.8 Å². The summed E-state index contributed by atoms with van der Waals surface area (Å²) in [6.45, 7) is 7.86. The van der Waals surface area contributed by atoms with Crippen molar-refractivity contribution in [3.8, 4) is 11.5 Å². The molecule has 37 nitrogen and oxygen atoms in total. The van der Waals surface area contributed by atoms with Gasteiger partial charge in [-0.25, -0.2) is 23.1 Å². The van der Waals surface area contributed by atoms with E-state index in [9.17, 15) is 88.7 Å². The molecule has 42 heteroatoms. The molecule has 0 saturated carbocycles. The summed E-state index contributed by atoms with van der Waals surface area (Å²) < 4.78 is 158. The van der Waals surface area contributed by atoms with Crippen molar-refractivity contribution < 1.29 is 135 Å². The van der Waals surface area contributed by atoms with Gasteiger partial charge in [0.05, 0.1) is 101 Å². The number of fused-ring (bicyclic) bond motifs is 4. The number of aromatic amines is 1. The number of nitrogens with one attached hydrogen (secondary N) is 3. The van der Waals surface area contributed by atoms with Crippen molar-refractivity contribution in [1.29, 1.82) is 0 Å². The molecule has 4 aromatic rings. The number of amides is 2. The number of carbonyl (C=O) groups is 3. The van der Waals surface area contributed by atoms with Gasteiger partial charge in [0.25, 0.3) is 31.7 Å². The average molecular weight is 1540 g/mol. The van der Waals surface area contributed by atoms with E-state index in [1.807, 2.05) is 42.2 Å². The molecule has 0 radical (unpaired) electrons. The molecule has 2 amide bonds. The summed E-state index contributed by atoms with van der Waals surface area (Å²) in [7, 11) is -22.7. The van der Waals surface area contributed by atoms with Gasteiger partial charge in [0.2, 0.25) is 11.3 Å². The van der Waals surface area contributed by atoms with Crippen LogP contribution in [-0.4, -0.2) is 224 Å². The number of phosphoric ester groups is 1. The summed E-state index contributed by atoms with van der Waals surface area (Å²) in [5.41, 5.74) is -1.81. The van der Waals surface area contributed by atoms with Crippen LogP contribution in [0.1, 0.15) is 88.9 Å². The lowest BCUT2D eigenvalue weighted by Crippen LogP contribution is -2.47. The Hall–Kier alpha value is -6.85. The minimum atomic E-state index is -5.87. The van der Waals surface area contributed by atoms with E-state index in [-0.39, 0.29) is 141 Å². The van der Waals surface area contributed by atoms with Gasteiger partial charge in [0, 0.05) is 91.4 Å². The first-order valence-corrected chi connectivity index (χ1v) is 38.6. The summed E-state index contributed by atoms with van der Waals surface area (Å²) in [4.78, 5) is 105. The number of anilines is 1. The van der Waals surface area contributed by atoms with Crippen molar-refractivity contribution in [2.45, 2.75) is 69.7 Å². The Labute approximate surface area is 582 Å². The first-order chi connectivity index (χ1) is 47.5. The third-order valence-corrected chi connectivity index (χ3v) is 21.4. The minimum absolute atomic E-state index is 0.0199. The number of benzene rings is 3. The number of nitrogens with zero attached hydrogens (tertiary/aromatic N) is 3. The third kappa shape index (κ3) is 21.4. The molecule has 1 aromatic heterocycles. The van der Waals surface area contributed by atoms with Crippen molar-refractivity contribution in [3.63, 3.8) is 0 Å². The molecule has 1 fully saturated rings. The Morgan fingerprint density at radius 1 is 0.735 bits per heavy atom. The molecular formula is C60H77N6O31P3S2. The predicted molar refractivity (Wildman–Crippen MR) is 357 cm³/mol. The summed E-state index contributed by atoms with van der Waals surface area (Å²) in [6.07, 6.45) is -0.503. The van der Waals surface area contributed by atoms with E-state index >= 15 is 0 Å². The number of aromatic nitrogens is 2. The number of ether oxygens (including phenoxy) is 7. The number of hydrogen-bond acceptors (Lipinski definition) is 26. The average Bonchev–Trinajstić information content (AvgIpc) is 0.841. The fourth-order valence-corrected chi connectivity index (χ4v) is 15.5. The quantitative estimate of drug-likeness (QED) is 0.00984. The van der Waals surface area contributed by atoms with E-state index in [1.54, 1.807) is 50.5 Å². The summed E-state index contributed by atoms with van der Waals surface area (Å²) in [5, 5.41) is 40.4. The molecule has 2 unspecified atom stereocenters. The number of aromatic carboxylic acids is 1. The maximum Gasteiger partial charge on any atom is 0.490 e. The number of carboxylic acid groups (broad SMARTS) is 1. The van der Waals surface area contributed by atoms with Gasteiger partial charge in [0.1, 0.15) is 48.4 Å². The largest absolute Gasteiger partial charge is 0.545 e. The highest BCUT2D eigenvalue weighted by Gasteiger charge is 2.47. The lowest BCUT2D eigenvalue weighted by molar-refractivity contribution is -0.255. The second kappa shape index (κ2) is 33.1. The number of aliphatic hydroxyl groups is 2. The fourth-order valence-electron chi connectivity index (χ4n) is 11.2. The lowest BCUT2D eigenvalue weighted by Gasteiger charge is -2.41. The van der Waals surface area contributed by atoms with Gasteiger partial charge in [-0.2, -0.15) is 25.5 Å². The van der Waals surface area contributed by atoms with Gasteiger partial charge in [-0.05, 0) is 60.9 Å². The Bertz CT molecular complexity index is 4630. The molecule has 11 N–H and O–H groups in total. The number of likely N-dealkylation sites (N-methyl/N-ethyl adjacent to an activating group) is 2. The highest BCUT2D eigenvalue weighted by molar-refractivity contribution is 7.86. The van der Waals surface area contributed by atoms with E-state index in [0.29, 0.717) is 26.7 Å². The van der Waals surface area contributed by atoms with E-state index in [1.165, 1.54) is 24.3 Å². The molecule has 8 rings (SSSR count). The van der Waals surface area contributed by atoms with Crippen LogP contribution in [-0.2, 0) is 80.3 Å². The van der Waals surface area contributed by atoms with E-state index in [2.05, 4.69) is 23.8 Å². The molecule has 0 aliphatic carbocycles. The third-order valence-electron chi connectivity index (χ3n) is 16.2. The highest BCUT2D eigenvalue weighted by Crippen LogP contribution is 2.66. The Morgan fingerprint density at radius 2 is 1.33 bits per heavy atom. The van der Waals surface area contributed by atoms with Gasteiger partial charge in [-0.3, -0.25) is 37.6 Å². The van der Waals surface area contributed by atoms with Gasteiger partial charge in [-0.15, -0.1) is 0 Å². The molecular weight excluding hydrogens is 1460 g/mol. The molecule has 102 heavy (non-hydrogen) atoms. The zero-order valence-electron chi connectivity index (χ0n) is 55.5. The number of hydrogen-bond donors (Lipinski definition) is 11. The van der Waals surface area contributed by atoms with E-state index in [4.69, 9.17) is 42.9 Å². The van der Waals surface area contributed by atoms with Crippen molar-refractivity contribution in [3.05, 3.63) is 137 Å². The smallest absolute Gasteiger partial charge is 0.490 e. The molecule has 4 aliphatic rings. The molecule has 5 heterocycles. The maximum atomic E-state index is 13.6. The van der Waals surface area contributed by atoms with Crippen LogP contribution in [0.2, 0.25) is 0 Å².